The van der Waals surface area contributed by atoms with E-state index in [0.717, 1.165) is 31.6 Å². The predicted molar refractivity (Wildman–Crippen MR) is 62.0 cm³/mol. The summed E-state index contributed by atoms with van der Waals surface area (Å²) < 4.78 is 15.7. The van der Waals surface area contributed by atoms with Crippen LogP contribution in [0.25, 0.3) is 11.6 Å². The minimum Gasteiger partial charge on any atom is -0.381 e. The molecule has 0 spiro atoms. The van der Waals surface area contributed by atoms with Crippen molar-refractivity contribution in [3.05, 3.63) is 17.7 Å². The first kappa shape index (κ1) is 11.4. The molecule has 18 heavy (non-hydrogen) atoms. The second-order valence-electron chi connectivity index (χ2n) is 4.45. The molecule has 6 nitrogen and oxygen atoms in total. The van der Waals surface area contributed by atoms with E-state index in [9.17, 15) is 0 Å². The first-order valence-corrected chi connectivity index (χ1v) is 6.24. The molecule has 0 N–H and O–H groups in total. The summed E-state index contributed by atoms with van der Waals surface area (Å²) in [5.74, 6) is 2.20. The van der Waals surface area contributed by atoms with Crippen molar-refractivity contribution in [3.8, 4) is 11.6 Å². The zero-order valence-electron chi connectivity index (χ0n) is 10.3. The first-order valence-electron chi connectivity index (χ1n) is 6.24. The van der Waals surface area contributed by atoms with Crippen LogP contribution in [0.4, 0.5) is 0 Å². The lowest BCUT2D eigenvalue weighted by atomic mass is 10.1. The molecule has 0 saturated carbocycles. The second kappa shape index (κ2) is 4.89. The van der Waals surface area contributed by atoms with E-state index < -0.39 is 0 Å². The topological polar surface area (TPSA) is 74.2 Å². The molecule has 1 saturated heterocycles. The van der Waals surface area contributed by atoms with E-state index in [4.69, 9.17) is 13.8 Å². The summed E-state index contributed by atoms with van der Waals surface area (Å²) in [7, 11) is 0. The van der Waals surface area contributed by atoms with E-state index in [0.29, 0.717) is 24.0 Å². The SMILES string of the molecule is CCCc1cc(-c2nc([C@@H]3CCOC3)no2)no1. The quantitative estimate of drug-likeness (QED) is 0.826. The van der Waals surface area contributed by atoms with Crippen molar-refractivity contribution < 1.29 is 13.8 Å². The molecule has 1 aliphatic rings. The highest BCUT2D eigenvalue weighted by molar-refractivity contribution is 5.45. The molecule has 0 aliphatic carbocycles. The van der Waals surface area contributed by atoms with Gasteiger partial charge in [0.15, 0.2) is 11.5 Å². The van der Waals surface area contributed by atoms with Crippen molar-refractivity contribution in [2.45, 2.75) is 32.1 Å². The van der Waals surface area contributed by atoms with Crippen LogP contribution in [0.3, 0.4) is 0 Å². The Labute approximate surface area is 104 Å². The van der Waals surface area contributed by atoms with Gasteiger partial charge in [-0.05, 0) is 12.8 Å². The number of hydrogen-bond acceptors (Lipinski definition) is 6. The number of hydrogen-bond donors (Lipinski definition) is 0. The van der Waals surface area contributed by atoms with Crippen LogP contribution in [-0.4, -0.2) is 28.5 Å². The van der Waals surface area contributed by atoms with E-state index in [1.54, 1.807) is 0 Å². The summed E-state index contributed by atoms with van der Waals surface area (Å²) >= 11 is 0. The second-order valence-corrected chi connectivity index (χ2v) is 4.45. The summed E-state index contributed by atoms with van der Waals surface area (Å²) in [5.41, 5.74) is 0.608. The number of aryl methyl sites for hydroxylation is 1. The van der Waals surface area contributed by atoms with Crippen LogP contribution >= 0.6 is 0 Å². The summed E-state index contributed by atoms with van der Waals surface area (Å²) in [6, 6.07) is 1.85. The summed E-state index contributed by atoms with van der Waals surface area (Å²) in [4.78, 5) is 4.36. The molecule has 0 aromatic carbocycles. The molecule has 3 heterocycles. The molecule has 0 bridgehead atoms. The van der Waals surface area contributed by atoms with Crippen LogP contribution in [0.15, 0.2) is 15.1 Å². The minimum absolute atomic E-state index is 0.240. The Morgan fingerprint density at radius 3 is 3.06 bits per heavy atom. The molecule has 96 valence electrons. The zero-order valence-corrected chi connectivity index (χ0v) is 10.3. The van der Waals surface area contributed by atoms with Crippen LogP contribution in [0.2, 0.25) is 0 Å². The van der Waals surface area contributed by atoms with Crippen molar-refractivity contribution in [1.82, 2.24) is 15.3 Å². The smallest absolute Gasteiger partial charge is 0.280 e. The van der Waals surface area contributed by atoms with E-state index in [1.165, 1.54) is 0 Å². The summed E-state index contributed by atoms with van der Waals surface area (Å²) in [5, 5.41) is 7.92. The van der Waals surface area contributed by atoms with Gasteiger partial charge in [0.05, 0.1) is 6.61 Å². The molecule has 0 amide bonds. The van der Waals surface area contributed by atoms with Crippen molar-refractivity contribution >= 4 is 0 Å². The van der Waals surface area contributed by atoms with Gasteiger partial charge in [0, 0.05) is 25.0 Å². The standard InChI is InChI=1S/C12H15N3O3/c1-2-3-9-6-10(14-17-9)12-13-11(15-18-12)8-4-5-16-7-8/h6,8H,2-5,7H2,1H3/t8-/m1/s1. The van der Waals surface area contributed by atoms with Gasteiger partial charge in [-0.2, -0.15) is 4.98 Å². The summed E-state index contributed by atoms with van der Waals surface area (Å²) in [6.07, 6.45) is 2.83. The Morgan fingerprint density at radius 2 is 2.28 bits per heavy atom. The molecule has 2 aromatic rings. The van der Waals surface area contributed by atoms with Crippen molar-refractivity contribution in [2.24, 2.45) is 0 Å². The average molecular weight is 249 g/mol. The molecule has 3 rings (SSSR count). The fraction of sp³-hybridized carbons (Fsp3) is 0.583. The highest BCUT2D eigenvalue weighted by Crippen LogP contribution is 2.25. The van der Waals surface area contributed by atoms with Crippen LogP contribution in [0.5, 0.6) is 0 Å². The Kier molecular flexibility index (Phi) is 3.10. The van der Waals surface area contributed by atoms with Gasteiger partial charge < -0.3 is 13.8 Å². The normalized spacial score (nSPS) is 19.5. The molecule has 0 radical (unpaired) electrons. The molecular weight excluding hydrogens is 234 g/mol. The van der Waals surface area contributed by atoms with E-state index in [2.05, 4.69) is 22.2 Å². The van der Waals surface area contributed by atoms with Gasteiger partial charge in [0.1, 0.15) is 5.76 Å². The zero-order chi connectivity index (χ0) is 12.4. The van der Waals surface area contributed by atoms with E-state index in [1.807, 2.05) is 6.07 Å². The number of aromatic nitrogens is 3. The van der Waals surface area contributed by atoms with Crippen molar-refractivity contribution in [1.29, 1.82) is 0 Å². The maximum atomic E-state index is 5.31. The van der Waals surface area contributed by atoms with Crippen LogP contribution in [0.1, 0.15) is 37.3 Å². The highest BCUT2D eigenvalue weighted by atomic mass is 16.5. The largest absolute Gasteiger partial charge is 0.381 e. The van der Waals surface area contributed by atoms with Crippen LogP contribution < -0.4 is 0 Å². The molecule has 1 atom stereocenters. The van der Waals surface area contributed by atoms with Gasteiger partial charge in [0.2, 0.25) is 0 Å². The average Bonchev–Trinajstić information content (AvgIpc) is 3.10. The van der Waals surface area contributed by atoms with Gasteiger partial charge in [-0.1, -0.05) is 17.2 Å². The van der Waals surface area contributed by atoms with Crippen LogP contribution in [0, 0.1) is 0 Å². The molecule has 6 heteroatoms. The van der Waals surface area contributed by atoms with Crippen molar-refractivity contribution in [2.75, 3.05) is 13.2 Å². The Morgan fingerprint density at radius 1 is 1.33 bits per heavy atom. The van der Waals surface area contributed by atoms with Gasteiger partial charge >= 0.3 is 0 Å². The maximum Gasteiger partial charge on any atom is 0.280 e. The molecule has 1 aliphatic heterocycles. The maximum absolute atomic E-state index is 5.31. The lowest BCUT2D eigenvalue weighted by Gasteiger charge is -1.97. The Balaban J connectivity index is 1.78. The molecule has 0 unspecified atom stereocenters. The number of rotatable bonds is 4. The monoisotopic (exact) mass is 249 g/mol. The highest BCUT2D eigenvalue weighted by Gasteiger charge is 2.24. The van der Waals surface area contributed by atoms with Gasteiger partial charge in [-0.25, -0.2) is 0 Å². The lowest BCUT2D eigenvalue weighted by molar-refractivity contribution is 0.192. The lowest BCUT2D eigenvalue weighted by Crippen LogP contribution is -1.99. The summed E-state index contributed by atoms with van der Waals surface area (Å²) in [6.45, 7) is 3.52. The third kappa shape index (κ3) is 2.15. The van der Waals surface area contributed by atoms with Gasteiger partial charge in [-0.15, -0.1) is 0 Å². The fourth-order valence-corrected chi connectivity index (χ4v) is 2.02. The fourth-order valence-electron chi connectivity index (χ4n) is 2.02. The predicted octanol–water partition coefficient (Wildman–Crippen LogP) is 2.18. The third-order valence-corrected chi connectivity index (χ3v) is 3.01. The molecule has 1 fully saturated rings. The first-order chi connectivity index (χ1) is 8.86. The molecular formula is C12H15N3O3. The molecule has 2 aromatic heterocycles. The number of nitrogens with zero attached hydrogens (tertiary/aromatic N) is 3. The van der Waals surface area contributed by atoms with E-state index in [-0.39, 0.29) is 5.92 Å². The van der Waals surface area contributed by atoms with E-state index >= 15 is 0 Å². The van der Waals surface area contributed by atoms with Crippen LogP contribution in [-0.2, 0) is 11.2 Å². The van der Waals surface area contributed by atoms with Gasteiger partial charge in [0.25, 0.3) is 5.89 Å². The minimum atomic E-state index is 0.240. The third-order valence-electron chi connectivity index (χ3n) is 3.01. The Hall–Kier alpha value is -1.69. The van der Waals surface area contributed by atoms with Crippen molar-refractivity contribution in [3.63, 3.8) is 0 Å². The Bertz CT molecular complexity index is 514. The van der Waals surface area contributed by atoms with Gasteiger partial charge in [-0.3, -0.25) is 0 Å². The number of ether oxygens (including phenoxy) is 1.